The molecule has 21 heavy (non-hydrogen) atoms. The number of aromatic nitrogens is 3. The van der Waals surface area contributed by atoms with E-state index < -0.39 is 0 Å². The fourth-order valence-electron chi connectivity index (χ4n) is 2.83. The van der Waals surface area contributed by atoms with Gasteiger partial charge in [-0.25, -0.2) is 0 Å². The Hall–Kier alpha value is -1.95. The van der Waals surface area contributed by atoms with Crippen molar-refractivity contribution in [2.75, 3.05) is 13.1 Å². The molecule has 0 radical (unpaired) electrons. The topological polar surface area (TPSA) is 71.3 Å². The van der Waals surface area contributed by atoms with Crippen LogP contribution < -0.4 is 10.6 Å². The zero-order valence-corrected chi connectivity index (χ0v) is 12.2. The van der Waals surface area contributed by atoms with Crippen molar-refractivity contribution in [1.29, 1.82) is 0 Å². The lowest BCUT2D eigenvalue weighted by molar-refractivity contribution is -0.122. The van der Waals surface area contributed by atoms with Crippen LogP contribution in [0.5, 0.6) is 0 Å². The van der Waals surface area contributed by atoms with E-state index in [0.29, 0.717) is 12.3 Å². The predicted molar refractivity (Wildman–Crippen MR) is 79.8 cm³/mol. The molecule has 0 saturated carbocycles. The van der Waals surface area contributed by atoms with Crippen molar-refractivity contribution in [2.24, 2.45) is 5.92 Å². The third-order valence-electron chi connectivity index (χ3n) is 4.05. The monoisotopic (exact) mass is 287 g/mol. The van der Waals surface area contributed by atoms with Gasteiger partial charge in [-0.1, -0.05) is 6.07 Å². The molecule has 2 atom stereocenters. The van der Waals surface area contributed by atoms with Gasteiger partial charge >= 0.3 is 0 Å². The van der Waals surface area contributed by atoms with Crippen molar-refractivity contribution in [2.45, 2.75) is 32.2 Å². The summed E-state index contributed by atoms with van der Waals surface area (Å²) >= 11 is 0. The van der Waals surface area contributed by atoms with Gasteiger partial charge in [0.1, 0.15) is 0 Å². The second-order valence-corrected chi connectivity index (χ2v) is 5.67. The molecule has 6 nitrogen and oxygen atoms in total. The molecule has 1 saturated heterocycles. The van der Waals surface area contributed by atoms with Crippen molar-refractivity contribution in [3.63, 3.8) is 0 Å². The number of rotatable bonds is 5. The van der Waals surface area contributed by atoms with Crippen LogP contribution in [0.1, 0.15) is 38.1 Å². The normalized spacial score (nSPS) is 19.8. The van der Waals surface area contributed by atoms with E-state index in [4.69, 9.17) is 0 Å². The van der Waals surface area contributed by atoms with Gasteiger partial charge in [-0.3, -0.25) is 9.20 Å². The fraction of sp³-hybridized carbons (Fsp3) is 0.533. The van der Waals surface area contributed by atoms with Gasteiger partial charge in [-0.2, -0.15) is 0 Å². The third-order valence-corrected chi connectivity index (χ3v) is 4.05. The molecule has 0 bridgehead atoms. The molecule has 2 unspecified atom stereocenters. The van der Waals surface area contributed by atoms with E-state index in [0.717, 1.165) is 31.0 Å². The first-order chi connectivity index (χ1) is 10.2. The SMILES string of the molecule is CC(NC(=O)CCC1CCNC1)c1nnc2ccccn12. The maximum Gasteiger partial charge on any atom is 0.220 e. The van der Waals surface area contributed by atoms with Crippen molar-refractivity contribution in [1.82, 2.24) is 25.2 Å². The molecule has 0 spiro atoms. The van der Waals surface area contributed by atoms with Crippen LogP contribution in [0, 0.1) is 5.92 Å². The molecule has 2 aromatic heterocycles. The minimum Gasteiger partial charge on any atom is -0.346 e. The van der Waals surface area contributed by atoms with Crippen molar-refractivity contribution >= 4 is 11.6 Å². The Kier molecular flexibility index (Phi) is 4.15. The van der Waals surface area contributed by atoms with E-state index in [1.165, 1.54) is 6.42 Å². The van der Waals surface area contributed by atoms with Crippen molar-refractivity contribution in [3.8, 4) is 0 Å². The third kappa shape index (κ3) is 3.21. The molecule has 2 aromatic rings. The van der Waals surface area contributed by atoms with Crippen LogP contribution in [0.15, 0.2) is 24.4 Å². The van der Waals surface area contributed by atoms with Crippen LogP contribution in [0.3, 0.4) is 0 Å². The standard InChI is InChI=1S/C15H21N5O/c1-11(15-19-18-13-4-2-3-9-20(13)15)17-14(21)6-5-12-7-8-16-10-12/h2-4,9,11-12,16H,5-8,10H2,1H3,(H,17,21). The first-order valence-corrected chi connectivity index (χ1v) is 7.54. The van der Waals surface area contributed by atoms with Crippen molar-refractivity contribution < 1.29 is 4.79 Å². The highest BCUT2D eigenvalue weighted by Gasteiger charge is 2.18. The summed E-state index contributed by atoms with van der Waals surface area (Å²) in [6.45, 7) is 4.06. The average Bonchev–Trinajstić information content (AvgIpc) is 3.14. The van der Waals surface area contributed by atoms with Crippen LogP contribution in [0.4, 0.5) is 0 Å². The quantitative estimate of drug-likeness (QED) is 0.869. The molecule has 0 aromatic carbocycles. The molecule has 112 valence electrons. The molecule has 6 heteroatoms. The van der Waals surface area contributed by atoms with Crippen LogP contribution >= 0.6 is 0 Å². The van der Waals surface area contributed by atoms with Gasteiger partial charge in [-0.05, 0) is 50.9 Å². The summed E-state index contributed by atoms with van der Waals surface area (Å²) < 4.78 is 1.91. The molecular formula is C15H21N5O. The van der Waals surface area contributed by atoms with Gasteiger partial charge in [0.25, 0.3) is 0 Å². The van der Waals surface area contributed by atoms with Gasteiger partial charge in [0.05, 0.1) is 6.04 Å². The highest BCUT2D eigenvalue weighted by Crippen LogP contribution is 2.16. The number of carbonyl (C=O) groups excluding carboxylic acids is 1. The number of fused-ring (bicyclic) bond motifs is 1. The Morgan fingerprint density at radius 2 is 2.43 bits per heavy atom. The number of carbonyl (C=O) groups is 1. The molecule has 1 amide bonds. The Morgan fingerprint density at radius 3 is 3.24 bits per heavy atom. The van der Waals surface area contributed by atoms with E-state index in [1.807, 2.05) is 35.7 Å². The first kappa shape index (κ1) is 14.0. The molecule has 3 rings (SSSR count). The zero-order chi connectivity index (χ0) is 14.7. The van der Waals surface area contributed by atoms with E-state index in [9.17, 15) is 4.79 Å². The summed E-state index contributed by atoms with van der Waals surface area (Å²) in [6, 6.07) is 5.61. The summed E-state index contributed by atoms with van der Waals surface area (Å²) in [6.07, 6.45) is 4.62. The van der Waals surface area contributed by atoms with Gasteiger partial charge in [0.15, 0.2) is 11.5 Å². The van der Waals surface area contributed by atoms with Crippen LogP contribution in [0.2, 0.25) is 0 Å². The highest BCUT2D eigenvalue weighted by atomic mass is 16.1. The number of hydrogen-bond acceptors (Lipinski definition) is 4. The first-order valence-electron chi connectivity index (χ1n) is 7.54. The largest absolute Gasteiger partial charge is 0.346 e. The highest BCUT2D eigenvalue weighted by molar-refractivity contribution is 5.76. The molecule has 1 aliphatic heterocycles. The number of nitrogens with one attached hydrogen (secondary N) is 2. The number of pyridine rings is 1. The molecule has 0 aliphatic carbocycles. The second-order valence-electron chi connectivity index (χ2n) is 5.67. The number of amides is 1. The van der Waals surface area contributed by atoms with Gasteiger partial charge in [0, 0.05) is 12.6 Å². The average molecular weight is 287 g/mol. The molecule has 1 fully saturated rings. The second kappa shape index (κ2) is 6.22. The summed E-state index contributed by atoms with van der Waals surface area (Å²) in [5.74, 6) is 1.49. The summed E-state index contributed by atoms with van der Waals surface area (Å²) in [5.41, 5.74) is 0.797. The Bertz CT molecular complexity index is 617. The van der Waals surface area contributed by atoms with Crippen LogP contribution in [-0.2, 0) is 4.79 Å². The van der Waals surface area contributed by atoms with Crippen LogP contribution in [0.25, 0.3) is 5.65 Å². The van der Waals surface area contributed by atoms with Gasteiger partial charge in [-0.15, -0.1) is 10.2 Å². The Labute approximate surface area is 123 Å². The maximum absolute atomic E-state index is 12.1. The minimum atomic E-state index is -0.142. The van der Waals surface area contributed by atoms with E-state index in [-0.39, 0.29) is 11.9 Å². The minimum absolute atomic E-state index is 0.0853. The zero-order valence-electron chi connectivity index (χ0n) is 12.2. The maximum atomic E-state index is 12.1. The molecule has 3 heterocycles. The van der Waals surface area contributed by atoms with Crippen molar-refractivity contribution in [3.05, 3.63) is 30.2 Å². The van der Waals surface area contributed by atoms with Gasteiger partial charge in [0.2, 0.25) is 5.91 Å². The summed E-state index contributed by atoms with van der Waals surface area (Å²) in [4.78, 5) is 12.1. The lowest BCUT2D eigenvalue weighted by Gasteiger charge is -2.13. The Balaban J connectivity index is 1.57. The summed E-state index contributed by atoms with van der Waals surface area (Å²) in [5, 5.41) is 14.6. The lowest BCUT2D eigenvalue weighted by Crippen LogP contribution is -2.28. The summed E-state index contributed by atoms with van der Waals surface area (Å²) in [7, 11) is 0. The molecule has 1 aliphatic rings. The van der Waals surface area contributed by atoms with E-state index in [1.54, 1.807) is 0 Å². The fourth-order valence-corrected chi connectivity index (χ4v) is 2.83. The Morgan fingerprint density at radius 1 is 1.52 bits per heavy atom. The smallest absolute Gasteiger partial charge is 0.220 e. The van der Waals surface area contributed by atoms with E-state index >= 15 is 0 Å². The van der Waals surface area contributed by atoms with Crippen LogP contribution in [-0.4, -0.2) is 33.6 Å². The number of hydrogen-bond donors (Lipinski definition) is 2. The lowest BCUT2D eigenvalue weighted by atomic mass is 10.0. The predicted octanol–water partition coefficient (Wildman–Crippen LogP) is 1.30. The molecule has 2 N–H and O–H groups in total. The number of nitrogens with zero attached hydrogens (tertiary/aromatic N) is 3. The van der Waals surface area contributed by atoms with Gasteiger partial charge < -0.3 is 10.6 Å². The molecular weight excluding hydrogens is 266 g/mol. The van der Waals surface area contributed by atoms with E-state index in [2.05, 4.69) is 20.8 Å².